The first-order valence-electron chi connectivity index (χ1n) is 10.1. The van der Waals surface area contributed by atoms with Crippen molar-refractivity contribution in [1.29, 1.82) is 0 Å². The number of hydrogen-bond acceptors (Lipinski definition) is 6. The van der Waals surface area contributed by atoms with E-state index in [1.54, 1.807) is 68.0 Å². The van der Waals surface area contributed by atoms with Gasteiger partial charge >= 0.3 is 0 Å². The number of anilines is 2. The number of thiophene rings is 1. The van der Waals surface area contributed by atoms with Gasteiger partial charge in [-0.1, -0.05) is 6.07 Å². The molecule has 3 rings (SSSR count). The van der Waals surface area contributed by atoms with Crippen LogP contribution < -0.4 is 14.4 Å². The van der Waals surface area contributed by atoms with Crippen LogP contribution in [0.3, 0.4) is 0 Å². The lowest BCUT2D eigenvalue weighted by Crippen LogP contribution is -2.28. The van der Waals surface area contributed by atoms with Crippen molar-refractivity contribution in [2.75, 3.05) is 37.4 Å². The van der Waals surface area contributed by atoms with Gasteiger partial charge in [0.15, 0.2) is 0 Å². The highest BCUT2D eigenvalue weighted by atomic mass is 32.2. The highest BCUT2D eigenvalue weighted by molar-refractivity contribution is 7.93. The quantitative estimate of drug-likeness (QED) is 0.519. The van der Waals surface area contributed by atoms with Crippen LogP contribution in [0.5, 0.6) is 5.75 Å². The summed E-state index contributed by atoms with van der Waals surface area (Å²) in [7, 11) is 0.710. The molecular formula is C23H25N3O5S2. The summed E-state index contributed by atoms with van der Waals surface area (Å²) in [5.74, 6) is -0.141. The maximum absolute atomic E-state index is 13.3. The lowest BCUT2D eigenvalue weighted by atomic mass is 10.2. The predicted molar refractivity (Wildman–Crippen MR) is 130 cm³/mol. The molecule has 2 amide bonds. The third-order valence-electron chi connectivity index (χ3n) is 4.76. The molecule has 174 valence electrons. The number of nitrogens with zero attached hydrogens (tertiary/aromatic N) is 2. The molecule has 10 heteroatoms. The Bertz CT molecular complexity index is 1250. The summed E-state index contributed by atoms with van der Waals surface area (Å²) in [5.41, 5.74) is 1.24. The predicted octanol–water partition coefficient (Wildman–Crippen LogP) is 3.93. The van der Waals surface area contributed by atoms with E-state index in [1.807, 2.05) is 6.92 Å². The fourth-order valence-electron chi connectivity index (χ4n) is 3.05. The molecule has 0 radical (unpaired) electrons. The number of hydrogen-bond donors (Lipinski definition) is 1. The van der Waals surface area contributed by atoms with Crippen molar-refractivity contribution in [1.82, 2.24) is 4.90 Å². The van der Waals surface area contributed by atoms with Crippen LogP contribution in [0.25, 0.3) is 0 Å². The van der Waals surface area contributed by atoms with Crippen molar-refractivity contribution in [3.63, 3.8) is 0 Å². The van der Waals surface area contributed by atoms with Crippen LogP contribution in [-0.2, 0) is 10.0 Å². The number of rotatable bonds is 8. The first-order valence-corrected chi connectivity index (χ1v) is 12.4. The van der Waals surface area contributed by atoms with Crippen molar-refractivity contribution in [2.45, 2.75) is 11.8 Å². The van der Waals surface area contributed by atoms with Gasteiger partial charge < -0.3 is 15.0 Å². The number of benzene rings is 2. The number of nitrogens with one attached hydrogen (secondary N) is 1. The topological polar surface area (TPSA) is 96.0 Å². The molecule has 0 aliphatic rings. The summed E-state index contributed by atoms with van der Waals surface area (Å²) in [6.45, 7) is 2.37. The average molecular weight is 488 g/mol. The summed E-state index contributed by atoms with van der Waals surface area (Å²) in [4.78, 5) is 26.5. The van der Waals surface area contributed by atoms with Crippen molar-refractivity contribution < 1.29 is 22.7 Å². The van der Waals surface area contributed by atoms with Gasteiger partial charge in [0, 0.05) is 32.4 Å². The zero-order valence-corrected chi connectivity index (χ0v) is 20.4. The Labute approximate surface area is 197 Å². The second-order valence-electron chi connectivity index (χ2n) is 7.25. The molecular weight excluding hydrogens is 462 g/mol. The van der Waals surface area contributed by atoms with Crippen molar-refractivity contribution in [2.24, 2.45) is 0 Å². The van der Waals surface area contributed by atoms with E-state index in [0.29, 0.717) is 29.3 Å². The molecule has 33 heavy (non-hydrogen) atoms. The van der Waals surface area contributed by atoms with E-state index < -0.39 is 15.9 Å². The summed E-state index contributed by atoms with van der Waals surface area (Å²) in [6.07, 6.45) is 0. The van der Waals surface area contributed by atoms with E-state index in [9.17, 15) is 18.0 Å². The Kier molecular flexibility index (Phi) is 7.39. The molecule has 0 aliphatic heterocycles. The van der Waals surface area contributed by atoms with Gasteiger partial charge in [0.05, 0.1) is 12.3 Å². The van der Waals surface area contributed by atoms with E-state index in [0.717, 1.165) is 15.6 Å². The molecule has 1 N–H and O–H groups in total. The third-order valence-corrected chi connectivity index (χ3v) is 7.63. The van der Waals surface area contributed by atoms with Crippen LogP contribution in [0, 0.1) is 0 Å². The van der Waals surface area contributed by atoms with Gasteiger partial charge in [0.2, 0.25) is 0 Å². The maximum atomic E-state index is 13.3. The Morgan fingerprint density at radius 1 is 1.03 bits per heavy atom. The van der Waals surface area contributed by atoms with E-state index in [2.05, 4.69) is 5.32 Å². The Balaban J connectivity index is 1.84. The molecule has 0 spiro atoms. The van der Waals surface area contributed by atoms with E-state index >= 15 is 0 Å². The molecule has 0 bridgehead atoms. The zero-order chi connectivity index (χ0) is 24.2. The van der Waals surface area contributed by atoms with Crippen LogP contribution in [0.2, 0.25) is 0 Å². The molecule has 0 saturated carbocycles. The number of amides is 2. The number of ether oxygens (including phenoxy) is 1. The molecule has 1 aromatic heterocycles. The SMILES string of the molecule is CCOc1ccc(N(C)S(=O)(=O)c2ccsc2C(=O)Nc2cccc(C(=O)N(C)C)c2)cc1. The van der Waals surface area contributed by atoms with Gasteiger partial charge in [-0.25, -0.2) is 8.42 Å². The van der Waals surface area contributed by atoms with Gasteiger partial charge in [0.1, 0.15) is 15.5 Å². The molecule has 0 aliphatic carbocycles. The molecule has 2 aromatic carbocycles. The fourth-order valence-corrected chi connectivity index (χ4v) is 5.54. The molecule has 0 atom stereocenters. The largest absolute Gasteiger partial charge is 0.494 e. The van der Waals surface area contributed by atoms with Crippen LogP contribution >= 0.6 is 11.3 Å². The molecule has 8 nitrogen and oxygen atoms in total. The zero-order valence-electron chi connectivity index (χ0n) is 18.7. The Morgan fingerprint density at radius 2 is 1.73 bits per heavy atom. The molecule has 0 saturated heterocycles. The molecule has 0 unspecified atom stereocenters. The van der Waals surface area contributed by atoms with Crippen LogP contribution in [0.15, 0.2) is 64.9 Å². The van der Waals surface area contributed by atoms with Gasteiger partial charge in [-0.2, -0.15) is 0 Å². The minimum atomic E-state index is -3.99. The monoisotopic (exact) mass is 487 g/mol. The van der Waals surface area contributed by atoms with Crippen LogP contribution in [0.1, 0.15) is 27.0 Å². The number of carbonyl (C=O) groups excluding carboxylic acids is 2. The van der Waals surface area contributed by atoms with E-state index in [1.165, 1.54) is 18.0 Å². The summed E-state index contributed by atoms with van der Waals surface area (Å²) >= 11 is 1.03. The first-order chi connectivity index (χ1) is 15.6. The standard InChI is InChI=1S/C23H25N3O5S2/c1-5-31-19-11-9-18(10-12-19)26(4)33(29,30)20-13-14-32-21(20)22(27)24-17-8-6-7-16(15-17)23(28)25(2)3/h6-15H,5H2,1-4H3,(H,24,27). The first kappa shape index (κ1) is 24.3. The van der Waals surface area contributed by atoms with Gasteiger partial charge in [0.25, 0.3) is 21.8 Å². The summed E-state index contributed by atoms with van der Waals surface area (Å²) in [5, 5.41) is 4.25. The highest BCUT2D eigenvalue weighted by Gasteiger charge is 2.28. The van der Waals surface area contributed by atoms with E-state index in [4.69, 9.17) is 4.74 Å². The minimum Gasteiger partial charge on any atom is -0.494 e. The van der Waals surface area contributed by atoms with Gasteiger partial charge in [-0.05, 0) is 60.8 Å². The van der Waals surface area contributed by atoms with Crippen molar-refractivity contribution in [3.05, 3.63) is 70.4 Å². The minimum absolute atomic E-state index is 0.0529. The van der Waals surface area contributed by atoms with E-state index in [-0.39, 0.29) is 15.7 Å². The normalized spacial score (nSPS) is 11.0. The summed E-state index contributed by atoms with van der Waals surface area (Å²) < 4.78 is 33.1. The van der Waals surface area contributed by atoms with Crippen molar-refractivity contribution in [3.8, 4) is 5.75 Å². The van der Waals surface area contributed by atoms with Gasteiger partial charge in [-0.3, -0.25) is 13.9 Å². The van der Waals surface area contributed by atoms with Crippen LogP contribution in [-0.4, -0.2) is 52.9 Å². The van der Waals surface area contributed by atoms with Crippen molar-refractivity contribution >= 4 is 44.5 Å². The van der Waals surface area contributed by atoms with Crippen LogP contribution in [0.4, 0.5) is 11.4 Å². The van der Waals surface area contributed by atoms with Gasteiger partial charge in [-0.15, -0.1) is 11.3 Å². The lowest BCUT2D eigenvalue weighted by molar-refractivity contribution is 0.0827. The maximum Gasteiger partial charge on any atom is 0.267 e. The number of carbonyl (C=O) groups is 2. The highest BCUT2D eigenvalue weighted by Crippen LogP contribution is 2.29. The molecule has 1 heterocycles. The number of sulfonamides is 1. The smallest absolute Gasteiger partial charge is 0.267 e. The fraction of sp³-hybridized carbons (Fsp3) is 0.217. The third kappa shape index (κ3) is 5.35. The summed E-state index contributed by atoms with van der Waals surface area (Å²) in [6, 6.07) is 14.5. The molecule has 3 aromatic rings. The second kappa shape index (κ2) is 10.1. The Morgan fingerprint density at radius 3 is 2.36 bits per heavy atom. The molecule has 0 fully saturated rings. The lowest BCUT2D eigenvalue weighted by Gasteiger charge is -2.20. The average Bonchev–Trinajstić information content (AvgIpc) is 3.30. The Hall–Kier alpha value is -3.37. The second-order valence-corrected chi connectivity index (χ2v) is 10.1.